The summed E-state index contributed by atoms with van der Waals surface area (Å²) in [6.45, 7) is 4.53. The first-order chi connectivity index (χ1) is 19.9. The number of amides is 2. The zero-order valence-corrected chi connectivity index (χ0v) is 23.7. The van der Waals surface area contributed by atoms with E-state index in [1.54, 1.807) is 12.1 Å². The van der Waals surface area contributed by atoms with Crippen LogP contribution in [0.5, 0.6) is 0 Å². The number of carbonyl (C=O) groups excluding carboxylic acids is 3. The van der Waals surface area contributed by atoms with Crippen molar-refractivity contribution in [1.29, 1.82) is 0 Å². The Balaban J connectivity index is 1.23. The van der Waals surface area contributed by atoms with E-state index in [1.807, 2.05) is 50.2 Å². The van der Waals surface area contributed by atoms with Crippen molar-refractivity contribution in [3.8, 4) is 11.1 Å². The van der Waals surface area contributed by atoms with Gasteiger partial charge in [-0.3, -0.25) is 14.5 Å². The van der Waals surface area contributed by atoms with Crippen molar-refractivity contribution in [2.45, 2.75) is 64.1 Å². The normalized spacial score (nSPS) is 17.4. The van der Waals surface area contributed by atoms with E-state index in [0.717, 1.165) is 39.8 Å². The Morgan fingerprint density at radius 2 is 1.56 bits per heavy atom. The number of rotatable bonds is 10. The summed E-state index contributed by atoms with van der Waals surface area (Å²) in [6, 6.07) is 22.3. The van der Waals surface area contributed by atoms with Crippen LogP contribution in [0, 0.1) is 5.92 Å². The van der Waals surface area contributed by atoms with E-state index in [0.29, 0.717) is 19.4 Å². The number of hydrogen-bond donors (Lipinski definition) is 2. The van der Waals surface area contributed by atoms with Crippen molar-refractivity contribution >= 4 is 17.8 Å². The molecule has 0 saturated carbocycles. The van der Waals surface area contributed by atoms with Gasteiger partial charge in [-0.2, -0.15) is 0 Å². The van der Waals surface area contributed by atoms with Crippen LogP contribution in [0.1, 0.15) is 61.3 Å². The largest absolute Gasteiger partial charge is 0.448 e. The van der Waals surface area contributed by atoms with E-state index in [4.69, 9.17) is 4.74 Å². The highest BCUT2D eigenvalue weighted by molar-refractivity contribution is 5.93. The molecule has 3 atom stereocenters. The molecule has 214 valence electrons. The quantitative estimate of drug-likeness (QED) is 0.358. The van der Waals surface area contributed by atoms with Gasteiger partial charge >= 0.3 is 6.09 Å². The Hall–Kier alpha value is -3.97. The number of hydrogen-bond acceptors (Lipinski definition) is 5. The van der Waals surface area contributed by atoms with Crippen LogP contribution in [0.3, 0.4) is 0 Å². The van der Waals surface area contributed by atoms with Crippen LogP contribution in [-0.2, 0) is 27.4 Å². The number of aliphatic hydroxyl groups is 1. The minimum absolute atomic E-state index is 0.0542. The minimum Gasteiger partial charge on any atom is -0.448 e. The minimum atomic E-state index is -0.672. The number of aliphatic hydroxyl groups excluding tert-OH is 1. The zero-order valence-electron chi connectivity index (χ0n) is 23.7. The zero-order chi connectivity index (χ0) is 28.9. The van der Waals surface area contributed by atoms with Gasteiger partial charge in [0.15, 0.2) is 5.78 Å². The van der Waals surface area contributed by atoms with Crippen molar-refractivity contribution in [2.24, 2.45) is 5.92 Å². The number of nitrogens with zero attached hydrogens (tertiary/aromatic N) is 1. The second kappa shape index (κ2) is 12.7. The van der Waals surface area contributed by atoms with Crippen molar-refractivity contribution in [3.05, 3.63) is 95.1 Å². The maximum absolute atomic E-state index is 13.5. The predicted molar refractivity (Wildman–Crippen MR) is 157 cm³/mol. The molecular formula is C34H38N2O5. The van der Waals surface area contributed by atoms with Crippen LogP contribution in [0.25, 0.3) is 11.1 Å². The molecule has 7 heteroatoms. The van der Waals surface area contributed by atoms with E-state index in [-0.39, 0.29) is 43.2 Å². The van der Waals surface area contributed by atoms with Gasteiger partial charge in [-0.15, -0.1) is 0 Å². The molecule has 3 aromatic rings. The van der Waals surface area contributed by atoms with Crippen LogP contribution in [0.2, 0.25) is 0 Å². The molecule has 1 aliphatic carbocycles. The summed E-state index contributed by atoms with van der Waals surface area (Å²) in [7, 11) is 0. The lowest BCUT2D eigenvalue weighted by atomic mass is 9.91. The number of ketones is 1. The molecule has 0 unspecified atom stereocenters. The number of ether oxygens (including phenoxy) is 1. The van der Waals surface area contributed by atoms with Gasteiger partial charge in [0.2, 0.25) is 5.91 Å². The van der Waals surface area contributed by atoms with Crippen LogP contribution in [0.15, 0.2) is 72.8 Å². The van der Waals surface area contributed by atoms with E-state index in [1.165, 1.54) is 4.90 Å². The number of benzene rings is 3. The SMILES string of the molecule is CC[C@H](C)[C@H](NC(=O)[C@H]1CCCN1C(=O)OCC1c2ccccc2-c2ccccc21)C(=O)Cc1ccc(CO)cc1. The van der Waals surface area contributed by atoms with Gasteiger partial charge in [-0.05, 0) is 52.1 Å². The maximum atomic E-state index is 13.5. The lowest BCUT2D eigenvalue weighted by molar-refractivity contribution is -0.131. The predicted octanol–water partition coefficient (Wildman–Crippen LogP) is 5.23. The fourth-order valence-electron chi connectivity index (χ4n) is 6.03. The third kappa shape index (κ3) is 6.05. The fourth-order valence-corrected chi connectivity index (χ4v) is 6.03. The Bertz CT molecular complexity index is 1360. The highest BCUT2D eigenvalue weighted by Gasteiger charge is 2.38. The molecule has 1 aliphatic heterocycles. The monoisotopic (exact) mass is 554 g/mol. The van der Waals surface area contributed by atoms with Crippen molar-refractivity contribution < 1.29 is 24.2 Å². The smallest absolute Gasteiger partial charge is 0.410 e. The number of fused-ring (bicyclic) bond motifs is 3. The summed E-state index contributed by atoms with van der Waals surface area (Å²) >= 11 is 0. The first-order valence-electron chi connectivity index (χ1n) is 14.5. The first kappa shape index (κ1) is 28.6. The molecule has 7 nitrogen and oxygen atoms in total. The second-order valence-corrected chi connectivity index (χ2v) is 11.1. The summed E-state index contributed by atoms with van der Waals surface area (Å²) in [6.07, 6.45) is 1.63. The molecule has 2 aliphatic rings. The number of likely N-dealkylation sites (tertiary alicyclic amines) is 1. The lowest BCUT2D eigenvalue weighted by Gasteiger charge is -2.28. The second-order valence-electron chi connectivity index (χ2n) is 11.1. The Morgan fingerprint density at radius 1 is 0.951 bits per heavy atom. The Labute approximate surface area is 241 Å². The Kier molecular flexibility index (Phi) is 8.84. The van der Waals surface area contributed by atoms with Crippen molar-refractivity contribution in [1.82, 2.24) is 10.2 Å². The van der Waals surface area contributed by atoms with Crippen LogP contribution < -0.4 is 5.32 Å². The van der Waals surface area contributed by atoms with E-state index in [9.17, 15) is 19.5 Å². The third-order valence-electron chi connectivity index (χ3n) is 8.57. The molecule has 2 N–H and O–H groups in total. The number of carbonyl (C=O) groups is 3. The number of nitrogens with one attached hydrogen (secondary N) is 1. The van der Waals surface area contributed by atoms with Crippen molar-refractivity contribution in [3.63, 3.8) is 0 Å². The van der Waals surface area contributed by atoms with Gasteiger partial charge in [0.05, 0.1) is 12.6 Å². The standard InChI is InChI=1S/C34H38N2O5/c1-3-22(2)32(31(38)19-23-14-16-24(20-37)17-15-23)35-33(39)30-13-8-18-36(30)34(40)41-21-29-27-11-6-4-9-25(27)26-10-5-7-12-28(26)29/h4-7,9-12,14-17,22,29-30,32,37H,3,8,13,18-21H2,1-2H3,(H,35,39)/t22-,30+,32-/m0/s1. The molecule has 0 aromatic heterocycles. The average molecular weight is 555 g/mol. The summed E-state index contributed by atoms with van der Waals surface area (Å²) in [5.41, 5.74) is 6.20. The van der Waals surface area contributed by atoms with Gasteiger partial charge < -0.3 is 15.2 Å². The van der Waals surface area contributed by atoms with E-state index < -0.39 is 18.2 Å². The third-order valence-corrected chi connectivity index (χ3v) is 8.57. The Morgan fingerprint density at radius 3 is 2.17 bits per heavy atom. The highest BCUT2D eigenvalue weighted by Crippen LogP contribution is 2.44. The summed E-state index contributed by atoms with van der Waals surface area (Å²) in [5, 5.41) is 12.3. The highest BCUT2D eigenvalue weighted by atomic mass is 16.6. The molecule has 0 spiro atoms. The van der Waals surface area contributed by atoms with Gasteiger partial charge in [0.1, 0.15) is 12.6 Å². The maximum Gasteiger partial charge on any atom is 0.410 e. The molecular weight excluding hydrogens is 516 g/mol. The van der Waals surface area contributed by atoms with Gasteiger partial charge in [0.25, 0.3) is 0 Å². The fraction of sp³-hybridized carbons (Fsp3) is 0.382. The summed E-state index contributed by atoms with van der Waals surface area (Å²) in [5.74, 6) is -0.507. The topological polar surface area (TPSA) is 95.9 Å². The van der Waals surface area contributed by atoms with Crippen molar-refractivity contribution in [2.75, 3.05) is 13.2 Å². The first-order valence-corrected chi connectivity index (χ1v) is 14.5. The molecule has 0 radical (unpaired) electrons. The molecule has 1 heterocycles. The molecule has 1 fully saturated rings. The molecule has 3 aromatic carbocycles. The van der Waals surface area contributed by atoms with Crippen LogP contribution in [-0.4, -0.2) is 53.0 Å². The van der Waals surface area contributed by atoms with Gasteiger partial charge in [0, 0.05) is 18.9 Å². The summed E-state index contributed by atoms with van der Waals surface area (Å²) in [4.78, 5) is 41.6. The summed E-state index contributed by atoms with van der Waals surface area (Å²) < 4.78 is 5.85. The lowest BCUT2D eigenvalue weighted by Crippen LogP contribution is -2.53. The molecule has 2 amide bonds. The van der Waals surface area contributed by atoms with E-state index >= 15 is 0 Å². The molecule has 1 saturated heterocycles. The van der Waals surface area contributed by atoms with Crippen LogP contribution >= 0.6 is 0 Å². The van der Waals surface area contributed by atoms with Gasteiger partial charge in [-0.1, -0.05) is 93.1 Å². The van der Waals surface area contributed by atoms with Crippen LogP contribution in [0.4, 0.5) is 4.79 Å². The molecule has 5 rings (SSSR count). The van der Waals surface area contributed by atoms with Gasteiger partial charge in [-0.25, -0.2) is 4.79 Å². The van der Waals surface area contributed by atoms with E-state index in [2.05, 4.69) is 29.6 Å². The number of Topliss-reactive ketones (excluding diaryl/α,β-unsaturated/α-hetero) is 1. The average Bonchev–Trinajstić information content (AvgIpc) is 3.62. The molecule has 0 bridgehead atoms. The molecule has 41 heavy (non-hydrogen) atoms.